The van der Waals surface area contributed by atoms with Gasteiger partial charge in [-0.2, -0.15) is 0 Å². The maximum Gasteiger partial charge on any atom is 0.279 e. The number of nitrogens with one attached hydrogen (secondary N) is 3. The van der Waals surface area contributed by atoms with Crippen molar-refractivity contribution in [3.63, 3.8) is 0 Å². The van der Waals surface area contributed by atoms with Crippen LogP contribution in [0.1, 0.15) is 18.1 Å². The number of quaternary nitrogens is 2. The van der Waals surface area contributed by atoms with E-state index >= 15 is 0 Å². The lowest BCUT2D eigenvalue weighted by molar-refractivity contribution is -0.898. The van der Waals surface area contributed by atoms with Crippen molar-refractivity contribution in [3.05, 3.63) is 59.7 Å². The van der Waals surface area contributed by atoms with Crippen LogP contribution in [0.5, 0.6) is 0 Å². The van der Waals surface area contributed by atoms with Crippen LogP contribution in [-0.2, 0) is 11.3 Å². The molecule has 0 saturated carbocycles. The molecule has 5 nitrogen and oxygen atoms in total. The quantitative estimate of drug-likeness (QED) is 0.648. The third-order valence-electron chi connectivity index (χ3n) is 5.58. The molecule has 0 radical (unpaired) electrons. The number of hydrogen-bond donors (Lipinski definition) is 3. The molecule has 1 heterocycles. The van der Waals surface area contributed by atoms with Crippen LogP contribution in [0.3, 0.4) is 0 Å². The number of aryl methyl sites for hydroxylation is 1. The number of carbonyl (C=O) groups excluding carboxylic acids is 1. The Kier molecular flexibility index (Phi) is 7.06. The number of anilines is 2. The van der Waals surface area contributed by atoms with Crippen LogP contribution in [0.25, 0.3) is 0 Å². The fraction of sp³-hybridized carbons (Fsp3) is 0.435. The Morgan fingerprint density at radius 1 is 1.07 bits per heavy atom. The number of piperazine rings is 1. The lowest BCUT2D eigenvalue weighted by atomic mass is 10.1. The second-order valence-corrected chi connectivity index (χ2v) is 7.98. The first-order chi connectivity index (χ1) is 13.5. The van der Waals surface area contributed by atoms with E-state index in [4.69, 9.17) is 0 Å². The van der Waals surface area contributed by atoms with Crippen molar-refractivity contribution in [3.8, 4) is 0 Å². The normalized spacial score (nSPS) is 16.0. The molecule has 0 aliphatic carbocycles. The summed E-state index contributed by atoms with van der Waals surface area (Å²) in [6.07, 6.45) is 0. The van der Waals surface area contributed by atoms with Gasteiger partial charge < -0.3 is 20.0 Å². The minimum atomic E-state index is 0.0533. The average Bonchev–Trinajstić information content (AvgIpc) is 2.70. The molecule has 3 rings (SSSR count). The summed E-state index contributed by atoms with van der Waals surface area (Å²) < 4.78 is 0. The van der Waals surface area contributed by atoms with Gasteiger partial charge in [0, 0.05) is 16.9 Å². The van der Waals surface area contributed by atoms with Crippen LogP contribution in [0.2, 0.25) is 0 Å². The molecule has 1 atom stereocenters. The van der Waals surface area contributed by atoms with E-state index in [2.05, 4.69) is 67.5 Å². The van der Waals surface area contributed by atoms with Gasteiger partial charge in [-0.3, -0.25) is 4.79 Å². The molecule has 0 aromatic heterocycles. The SMILES string of the molecule is CC[NH+]1CCN(c2ccc(NC(=O)C[NH+](C)Cc3ccc(C)cc3)cc2)CC1. The fourth-order valence-electron chi connectivity index (χ4n) is 3.79. The van der Waals surface area contributed by atoms with Gasteiger partial charge in [0.15, 0.2) is 6.54 Å². The molecule has 1 fully saturated rings. The molecule has 1 aliphatic rings. The molecule has 1 saturated heterocycles. The summed E-state index contributed by atoms with van der Waals surface area (Å²) in [4.78, 5) is 17.7. The molecule has 0 bridgehead atoms. The zero-order valence-electron chi connectivity index (χ0n) is 17.4. The number of carbonyl (C=O) groups is 1. The summed E-state index contributed by atoms with van der Waals surface area (Å²) in [5, 5.41) is 3.03. The Morgan fingerprint density at radius 3 is 2.32 bits per heavy atom. The van der Waals surface area contributed by atoms with Crippen molar-refractivity contribution in [2.75, 3.05) is 56.5 Å². The maximum atomic E-state index is 12.4. The second kappa shape index (κ2) is 9.71. The van der Waals surface area contributed by atoms with Gasteiger partial charge in [-0.1, -0.05) is 29.8 Å². The molecule has 1 amide bonds. The summed E-state index contributed by atoms with van der Waals surface area (Å²) >= 11 is 0. The summed E-state index contributed by atoms with van der Waals surface area (Å²) in [5.74, 6) is 0.0533. The summed E-state index contributed by atoms with van der Waals surface area (Å²) in [6, 6.07) is 16.8. The number of benzene rings is 2. The standard InChI is InChI=1S/C23H32N4O/c1-4-26-13-15-27(16-14-26)22-11-9-21(10-12-22)24-23(28)18-25(3)17-20-7-5-19(2)6-8-20/h5-12H,4,13-18H2,1-3H3,(H,24,28)/p+2. The van der Waals surface area contributed by atoms with Gasteiger partial charge in [0.25, 0.3) is 5.91 Å². The Morgan fingerprint density at radius 2 is 1.71 bits per heavy atom. The van der Waals surface area contributed by atoms with Crippen LogP contribution in [-0.4, -0.2) is 52.2 Å². The molecule has 2 aromatic carbocycles. The molecule has 28 heavy (non-hydrogen) atoms. The smallest absolute Gasteiger partial charge is 0.279 e. The van der Waals surface area contributed by atoms with Gasteiger partial charge in [0.05, 0.1) is 39.8 Å². The molecular formula is C23H34N4O+2. The van der Waals surface area contributed by atoms with Crippen molar-refractivity contribution in [1.29, 1.82) is 0 Å². The van der Waals surface area contributed by atoms with Crippen LogP contribution >= 0.6 is 0 Å². The Labute approximate surface area is 168 Å². The highest BCUT2D eigenvalue weighted by Crippen LogP contribution is 2.17. The van der Waals surface area contributed by atoms with Gasteiger partial charge >= 0.3 is 0 Å². The van der Waals surface area contributed by atoms with E-state index in [9.17, 15) is 4.79 Å². The molecule has 150 valence electrons. The number of hydrogen-bond acceptors (Lipinski definition) is 2. The highest BCUT2D eigenvalue weighted by molar-refractivity contribution is 5.91. The highest BCUT2D eigenvalue weighted by Gasteiger charge is 2.18. The minimum Gasteiger partial charge on any atom is -0.360 e. The highest BCUT2D eigenvalue weighted by atomic mass is 16.2. The summed E-state index contributed by atoms with van der Waals surface area (Å²) in [5.41, 5.74) is 4.63. The van der Waals surface area contributed by atoms with Crippen molar-refractivity contribution < 1.29 is 14.6 Å². The van der Waals surface area contributed by atoms with E-state index in [1.807, 2.05) is 12.1 Å². The van der Waals surface area contributed by atoms with E-state index in [0.717, 1.165) is 25.3 Å². The molecule has 5 heteroatoms. The van der Waals surface area contributed by atoms with Gasteiger partial charge in [0.1, 0.15) is 6.54 Å². The van der Waals surface area contributed by atoms with E-state index in [-0.39, 0.29) is 5.91 Å². The zero-order valence-corrected chi connectivity index (χ0v) is 17.4. The minimum absolute atomic E-state index is 0.0533. The Bertz CT molecular complexity index is 749. The maximum absolute atomic E-state index is 12.4. The van der Waals surface area contributed by atoms with Crippen molar-refractivity contribution in [2.45, 2.75) is 20.4 Å². The third-order valence-corrected chi connectivity index (χ3v) is 5.58. The molecule has 3 N–H and O–H groups in total. The van der Waals surface area contributed by atoms with Crippen LogP contribution in [0, 0.1) is 6.92 Å². The molecule has 0 spiro atoms. The molecular weight excluding hydrogens is 348 g/mol. The Hall–Kier alpha value is -2.37. The zero-order chi connectivity index (χ0) is 19.9. The van der Waals surface area contributed by atoms with Gasteiger partial charge in [-0.25, -0.2) is 0 Å². The van der Waals surface area contributed by atoms with Crippen LogP contribution in [0.15, 0.2) is 48.5 Å². The van der Waals surface area contributed by atoms with Gasteiger partial charge in [0.2, 0.25) is 0 Å². The first-order valence-electron chi connectivity index (χ1n) is 10.4. The average molecular weight is 383 g/mol. The third kappa shape index (κ3) is 5.81. The predicted octanol–water partition coefficient (Wildman–Crippen LogP) is 0.373. The lowest BCUT2D eigenvalue weighted by Crippen LogP contribution is -3.14. The summed E-state index contributed by atoms with van der Waals surface area (Å²) in [6.45, 7) is 11.4. The van der Waals surface area contributed by atoms with Crippen LogP contribution < -0.4 is 20.0 Å². The fourth-order valence-corrected chi connectivity index (χ4v) is 3.79. The van der Waals surface area contributed by atoms with Crippen molar-refractivity contribution in [1.82, 2.24) is 0 Å². The van der Waals surface area contributed by atoms with Crippen LogP contribution in [0.4, 0.5) is 11.4 Å². The number of rotatable bonds is 7. The van der Waals surface area contributed by atoms with E-state index in [0.29, 0.717) is 6.54 Å². The largest absolute Gasteiger partial charge is 0.360 e. The molecule has 1 unspecified atom stereocenters. The molecule has 2 aromatic rings. The topological polar surface area (TPSA) is 41.2 Å². The monoisotopic (exact) mass is 382 g/mol. The number of amides is 1. The van der Waals surface area contributed by atoms with E-state index in [1.165, 1.54) is 41.3 Å². The molecule has 1 aliphatic heterocycles. The predicted molar refractivity (Wildman–Crippen MR) is 115 cm³/mol. The number of nitrogens with zero attached hydrogens (tertiary/aromatic N) is 1. The Balaban J connectivity index is 1.46. The van der Waals surface area contributed by atoms with Gasteiger partial charge in [-0.15, -0.1) is 0 Å². The van der Waals surface area contributed by atoms with E-state index in [1.54, 1.807) is 4.90 Å². The van der Waals surface area contributed by atoms with Crippen molar-refractivity contribution >= 4 is 17.3 Å². The first-order valence-corrected chi connectivity index (χ1v) is 10.4. The van der Waals surface area contributed by atoms with E-state index < -0.39 is 0 Å². The number of likely N-dealkylation sites (N-methyl/N-ethyl adjacent to an activating group) is 2. The second-order valence-electron chi connectivity index (χ2n) is 7.98. The van der Waals surface area contributed by atoms with Gasteiger partial charge in [-0.05, 0) is 38.1 Å². The summed E-state index contributed by atoms with van der Waals surface area (Å²) in [7, 11) is 2.06. The van der Waals surface area contributed by atoms with Crippen molar-refractivity contribution in [2.24, 2.45) is 0 Å². The first kappa shape index (κ1) is 20.4. The lowest BCUT2D eigenvalue weighted by Gasteiger charge is -2.33.